The maximum atomic E-state index is 5.22. The molecule has 0 atom stereocenters. The molecule has 80 valence electrons. The minimum Gasteiger partial charge on any atom is -0.352 e. The van der Waals surface area contributed by atoms with Crippen molar-refractivity contribution in [1.82, 2.24) is 0 Å². The standard InChI is InChI=1S/C14H14N2/c1-4-5-8-12-11(2)16(3)14-10-7-6-9-13(14)15-12/h1,5-10,15H,2-3H3/b8-5-. The van der Waals surface area contributed by atoms with Gasteiger partial charge < -0.3 is 10.2 Å². The molecule has 1 heterocycles. The first-order chi connectivity index (χ1) is 7.74. The predicted octanol–water partition coefficient (Wildman–Crippen LogP) is 2.97. The molecule has 16 heavy (non-hydrogen) atoms. The van der Waals surface area contributed by atoms with Crippen LogP contribution in [-0.2, 0) is 0 Å². The van der Waals surface area contributed by atoms with Crippen molar-refractivity contribution in [2.24, 2.45) is 0 Å². The summed E-state index contributed by atoms with van der Waals surface area (Å²) in [6.07, 6.45) is 8.84. The van der Waals surface area contributed by atoms with Crippen LogP contribution in [0.3, 0.4) is 0 Å². The molecule has 2 rings (SSSR count). The van der Waals surface area contributed by atoms with E-state index < -0.39 is 0 Å². The van der Waals surface area contributed by atoms with E-state index in [1.807, 2.05) is 18.2 Å². The third-order valence-electron chi connectivity index (χ3n) is 2.77. The molecule has 1 aliphatic heterocycles. The third-order valence-corrected chi connectivity index (χ3v) is 2.77. The second-order valence-electron chi connectivity index (χ2n) is 3.70. The Bertz CT molecular complexity index is 504. The molecule has 0 fully saturated rings. The summed E-state index contributed by atoms with van der Waals surface area (Å²) in [5.74, 6) is 2.50. The SMILES string of the molecule is C#C/C=C\C1=C(C)N(C)c2ccccc2N1. The smallest absolute Gasteiger partial charge is 0.0645 e. The molecule has 0 bridgehead atoms. The van der Waals surface area contributed by atoms with Gasteiger partial charge in [-0.2, -0.15) is 0 Å². The molecule has 2 nitrogen and oxygen atoms in total. The minimum atomic E-state index is 1.04. The zero-order chi connectivity index (χ0) is 11.5. The van der Waals surface area contributed by atoms with Crippen LogP contribution in [0, 0.1) is 12.3 Å². The fourth-order valence-electron chi connectivity index (χ4n) is 1.76. The van der Waals surface area contributed by atoms with Gasteiger partial charge in [-0.3, -0.25) is 0 Å². The topological polar surface area (TPSA) is 15.3 Å². The van der Waals surface area contributed by atoms with Crippen LogP contribution in [0.1, 0.15) is 6.92 Å². The number of hydrogen-bond acceptors (Lipinski definition) is 2. The van der Waals surface area contributed by atoms with Gasteiger partial charge in [0, 0.05) is 12.7 Å². The highest BCUT2D eigenvalue weighted by Crippen LogP contribution is 2.33. The van der Waals surface area contributed by atoms with E-state index in [4.69, 9.17) is 6.42 Å². The normalized spacial score (nSPS) is 14.7. The van der Waals surface area contributed by atoms with Crippen LogP contribution in [0.4, 0.5) is 11.4 Å². The van der Waals surface area contributed by atoms with Crippen LogP contribution < -0.4 is 10.2 Å². The van der Waals surface area contributed by atoms with Crippen LogP contribution in [0.5, 0.6) is 0 Å². The van der Waals surface area contributed by atoms with Crippen LogP contribution >= 0.6 is 0 Å². The van der Waals surface area contributed by atoms with Crippen molar-refractivity contribution in [2.75, 3.05) is 17.3 Å². The molecule has 0 radical (unpaired) electrons. The Morgan fingerprint density at radius 1 is 1.38 bits per heavy atom. The molecule has 0 saturated carbocycles. The molecule has 1 aromatic carbocycles. The second kappa shape index (κ2) is 4.16. The van der Waals surface area contributed by atoms with Gasteiger partial charge in [0.05, 0.1) is 17.1 Å². The van der Waals surface area contributed by atoms with Crippen LogP contribution in [0.15, 0.2) is 47.8 Å². The highest BCUT2D eigenvalue weighted by molar-refractivity contribution is 5.78. The first-order valence-electron chi connectivity index (χ1n) is 5.17. The van der Waals surface area contributed by atoms with Crippen molar-refractivity contribution >= 4 is 11.4 Å². The lowest BCUT2D eigenvalue weighted by molar-refractivity contribution is 1.04. The summed E-state index contributed by atoms with van der Waals surface area (Å²) in [5.41, 5.74) is 4.48. The monoisotopic (exact) mass is 210 g/mol. The molecule has 0 unspecified atom stereocenters. The first-order valence-corrected chi connectivity index (χ1v) is 5.17. The van der Waals surface area contributed by atoms with Crippen molar-refractivity contribution in [3.05, 3.63) is 47.8 Å². The van der Waals surface area contributed by atoms with Crippen molar-refractivity contribution in [3.8, 4) is 12.3 Å². The molecular weight excluding hydrogens is 196 g/mol. The van der Waals surface area contributed by atoms with Crippen molar-refractivity contribution in [2.45, 2.75) is 6.92 Å². The summed E-state index contributed by atoms with van der Waals surface area (Å²) in [6.45, 7) is 2.07. The van der Waals surface area contributed by atoms with Crippen LogP contribution in [0.2, 0.25) is 0 Å². The fourth-order valence-corrected chi connectivity index (χ4v) is 1.76. The van der Waals surface area contributed by atoms with Gasteiger partial charge in [-0.1, -0.05) is 18.1 Å². The Balaban J connectivity index is 2.43. The molecule has 2 heteroatoms. The van der Waals surface area contributed by atoms with E-state index in [-0.39, 0.29) is 0 Å². The van der Waals surface area contributed by atoms with Crippen molar-refractivity contribution < 1.29 is 0 Å². The lowest BCUT2D eigenvalue weighted by Gasteiger charge is -2.30. The zero-order valence-corrected chi connectivity index (χ0v) is 9.49. The molecule has 1 aromatic rings. The maximum absolute atomic E-state index is 5.22. The highest BCUT2D eigenvalue weighted by Gasteiger charge is 2.16. The van der Waals surface area contributed by atoms with Gasteiger partial charge in [0.2, 0.25) is 0 Å². The first kappa shape index (κ1) is 10.4. The van der Waals surface area contributed by atoms with Crippen molar-refractivity contribution in [1.29, 1.82) is 0 Å². The van der Waals surface area contributed by atoms with Gasteiger partial charge in [0.25, 0.3) is 0 Å². The largest absolute Gasteiger partial charge is 0.352 e. The number of allylic oxidation sites excluding steroid dienone is 3. The summed E-state index contributed by atoms with van der Waals surface area (Å²) in [7, 11) is 2.05. The molecular formula is C14H14N2. The van der Waals surface area contributed by atoms with E-state index in [0.717, 1.165) is 17.1 Å². The number of nitrogens with zero attached hydrogens (tertiary/aromatic N) is 1. The summed E-state index contributed by atoms with van der Waals surface area (Å²) >= 11 is 0. The fraction of sp³-hybridized carbons (Fsp3) is 0.143. The molecule has 0 spiro atoms. The van der Waals surface area contributed by atoms with Gasteiger partial charge in [0.15, 0.2) is 0 Å². The Morgan fingerprint density at radius 3 is 2.88 bits per heavy atom. The quantitative estimate of drug-likeness (QED) is 0.717. The molecule has 0 amide bonds. The summed E-state index contributed by atoms with van der Waals surface area (Å²) < 4.78 is 0. The summed E-state index contributed by atoms with van der Waals surface area (Å²) in [6, 6.07) is 8.20. The summed E-state index contributed by atoms with van der Waals surface area (Å²) in [5, 5.41) is 3.37. The number of anilines is 2. The molecule has 1 N–H and O–H groups in total. The van der Waals surface area contributed by atoms with Crippen LogP contribution in [0.25, 0.3) is 0 Å². The van der Waals surface area contributed by atoms with Crippen molar-refractivity contribution in [3.63, 3.8) is 0 Å². The number of nitrogens with one attached hydrogen (secondary N) is 1. The Morgan fingerprint density at radius 2 is 2.12 bits per heavy atom. The number of hydrogen-bond donors (Lipinski definition) is 1. The molecule has 0 saturated heterocycles. The van der Waals surface area contributed by atoms with E-state index in [1.165, 1.54) is 5.69 Å². The second-order valence-corrected chi connectivity index (χ2v) is 3.70. The Hall–Kier alpha value is -2.14. The lowest BCUT2D eigenvalue weighted by atomic mass is 10.1. The predicted molar refractivity (Wildman–Crippen MR) is 69.1 cm³/mol. The number of rotatable bonds is 1. The number of para-hydroxylation sites is 2. The lowest BCUT2D eigenvalue weighted by Crippen LogP contribution is -2.23. The summed E-state index contributed by atoms with van der Waals surface area (Å²) in [4.78, 5) is 2.15. The number of terminal acetylenes is 1. The Kier molecular flexibility index (Phi) is 2.70. The molecule has 0 aliphatic carbocycles. The maximum Gasteiger partial charge on any atom is 0.0645 e. The van der Waals surface area contributed by atoms with E-state index in [1.54, 1.807) is 6.08 Å². The zero-order valence-electron chi connectivity index (χ0n) is 9.49. The van der Waals surface area contributed by atoms with Gasteiger partial charge >= 0.3 is 0 Å². The van der Waals surface area contributed by atoms with Gasteiger partial charge in [-0.05, 0) is 31.2 Å². The molecule has 1 aliphatic rings. The Labute approximate surface area is 96.3 Å². The van der Waals surface area contributed by atoms with E-state index in [9.17, 15) is 0 Å². The van der Waals surface area contributed by atoms with Gasteiger partial charge in [-0.25, -0.2) is 0 Å². The average molecular weight is 210 g/mol. The van der Waals surface area contributed by atoms with E-state index in [2.05, 4.69) is 42.2 Å². The average Bonchev–Trinajstić information content (AvgIpc) is 2.32. The van der Waals surface area contributed by atoms with E-state index >= 15 is 0 Å². The third kappa shape index (κ3) is 1.68. The minimum absolute atomic E-state index is 1.04. The van der Waals surface area contributed by atoms with Gasteiger partial charge in [-0.15, -0.1) is 6.42 Å². The van der Waals surface area contributed by atoms with Crippen LogP contribution in [-0.4, -0.2) is 7.05 Å². The van der Waals surface area contributed by atoms with E-state index in [0.29, 0.717) is 0 Å². The molecule has 0 aromatic heterocycles. The van der Waals surface area contributed by atoms with Gasteiger partial charge in [0.1, 0.15) is 0 Å². The number of benzene rings is 1. The highest BCUT2D eigenvalue weighted by atomic mass is 15.2. The number of fused-ring (bicyclic) bond motifs is 1.